The van der Waals surface area contributed by atoms with Crippen LogP contribution in [0.1, 0.15) is 76.3 Å². The molecule has 1 saturated heterocycles. The molecule has 1 saturated carbocycles. The lowest BCUT2D eigenvalue weighted by atomic mass is 10.0. The lowest BCUT2D eigenvalue weighted by Crippen LogP contribution is -2.49. The van der Waals surface area contributed by atoms with Crippen LogP contribution in [-0.2, 0) is 0 Å². The SMILES string of the molecule is Cc1cc(C(=O)CN2CCN(C(=O)c3ccc(C(C)C)cc3)CC2)c(C)n1C1CC1. The Balaban J connectivity index is 1.33. The second kappa shape index (κ2) is 8.38. The van der Waals surface area contributed by atoms with Gasteiger partial charge in [0.1, 0.15) is 0 Å². The minimum Gasteiger partial charge on any atom is -0.345 e. The Labute approximate surface area is 179 Å². The van der Waals surface area contributed by atoms with E-state index in [1.807, 2.05) is 29.2 Å². The third-order valence-corrected chi connectivity index (χ3v) is 6.55. The Morgan fingerprint density at radius 1 is 1.00 bits per heavy atom. The molecule has 2 fully saturated rings. The molecule has 5 nitrogen and oxygen atoms in total. The summed E-state index contributed by atoms with van der Waals surface area (Å²) < 4.78 is 2.33. The van der Waals surface area contributed by atoms with Crippen LogP contribution in [0, 0.1) is 13.8 Å². The predicted octanol–water partition coefficient (Wildman–Crippen LogP) is 4.20. The van der Waals surface area contributed by atoms with Crippen LogP contribution in [0.25, 0.3) is 0 Å². The van der Waals surface area contributed by atoms with Crippen LogP contribution in [-0.4, -0.2) is 58.8 Å². The quantitative estimate of drug-likeness (QED) is 0.674. The highest BCUT2D eigenvalue weighted by atomic mass is 16.2. The number of carbonyl (C=O) groups is 2. The van der Waals surface area contributed by atoms with Crippen LogP contribution in [0.5, 0.6) is 0 Å². The van der Waals surface area contributed by atoms with E-state index < -0.39 is 0 Å². The van der Waals surface area contributed by atoms with Gasteiger partial charge in [-0.05, 0) is 56.4 Å². The van der Waals surface area contributed by atoms with Crippen molar-refractivity contribution in [3.8, 4) is 0 Å². The van der Waals surface area contributed by atoms with Crippen LogP contribution >= 0.6 is 0 Å². The summed E-state index contributed by atoms with van der Waals surface area (Å²) >= 11 is 0. The second-order valence-corrected chi connectivity index (χ2v) is 9.15. The smallest absolute Gasteiger partial charge is 0.253 e. The average molecular weight is 408 g/mol. The number of rotatable bonds is 6. The number of hydrogen-bond acceptors (Lipinski definition) is 3. The summed E-state index contributed by atoms with van der Waals surface area (Å²) in [5, 5.41) is 0. The zero-order chi connectivity index (χ0) is 21.4. The van der Waals surface area contributed by atoms with Crippen LogP contribution in [0.15, 0.2) is 30.3 Å². The molecule has 0 N–H and O–H groups in total. The van der Waals surface area contributed by atoms with E-state index in [9.17, 15) is 9.59 Å². The maximum atomic E-state index is 12.9. The summed E-state index contributed by atoms with van der Waals surface area (Å²) in [6.45, 7) is 11.7. The van der Waals surface area contributed by atoms with E-state index >= 15 is 0 Å². The lowest BCUT2D eigenvalue weighted by Gasteiger charge is -2.34. The first kappa shape index (κ1) is 20.9. The van der Waals surface area contributed by atoms with Gasteiger partial charge in [-0.1, -0.05) is 26.0 Å². The summed E-state index contributed by atoms with van der Waals surface area (Å²) in [4.78, 5) is 29.8. The number of carbonyl (C=O) groups excluding carboxylic acids is 2. The van der Waals surface area contributed by atoms with Gasteiger partial charge in [-0.25, -0.2) is 0 Å². The van der Waals surface area contributed by atoms with Crippen LogP contribution in [0.4, 0.5) is 0 Å². The zero-order valence-electron chi connectivity index (χ0n) is 18.6. The molecule has 0 radical (unpaired) electrons. The van der Waals surface area contributed by atoms with Crippen LogP contribution in [0.3, 0.4) is 0 Å². The molecular formula is C25H33N3O2. The Morgan fingerprint density at radius 2 is 1.63 bits per heavy atom. The molecule has 1 aliphatic heterocycles. The standard InChI is InChI=1S/C25H33N3O2/c1-17(2)20-5-7-21(8-6-20)25(30)27-13-11-26(12-14-27)16-24(29)23-15-18(3)28(19(23)4)22-9-10-22/h5-8,15,17,22H,9-14,16H2,1-4H3. The fraction of sp³-hybridized carbons (Fsp3) is 0.520. The molecule has 1 aromatic carbocycles. The zero-order valence-corrected chi connectivity index (χ0v) is 18.6. The van der Waals surface area contributed by atoms with Gasteiger partial charge in [-0.15, -0.1) is 0 Å². The van der Waals surface area contributed by atoms with E-state index in [2.05, 4.69) is 43.2 Å². The fourth-order valence-corrected chi connectivity index (χ4v) is 4.54. The molecule has 160 valence electrons. The first-order valence-corrected chi connectivity index (χ1v) is 11.2. The molecule has 1 amide bonds. The highest BCUT2D eigenvalue weighted by Gasteiger charge is 2.29. The molecule has 1 aromatic heterocycles. The maximum Gasteiger partial charge on any atom is 0.253 e. The third kappa shape index (κ3) is 4.22. The van der Waals surface area contributed by atoms with Gasteiger partial charge in [0.15, 0.2) is 5.78 Å². The molecule has 0 spiro atoms. The average Bonchev–Trinajstić information content (AvgIpc) is 3.52. The minimum atomic E-state index is 0.0873. The minimum absolute atomic E-state index is 0.0873. The number of nitrogens with zero attached hydrogens (tertiary/aromatic N) is 3. The largest absolute Gasteiger partial charge is 0.345 e. The van der Waals surface area contributed by atoms with Gasteiger partial charge in [0.25, 0.3) is 5.91 Å². The molecule has 0 atom stereocenters. The van der Waals surface area contributed by atoms with Gasteiger partial charge in [0.2, 0.25) is 0 Å². The highest BCUT2D eigenvalue weighted by molar-refractivity contribution is 5.99. The monoisotopic (exact) mass is 407 g/mol. The van der Waals surface area contributed by atoms with E-state index in [1.165, 1.54) is 24.1 Å². The number of Topliss-reactive ketones (excluding diaryl/α,β-unsaturated/α-hetero) is 1. The molecule has 0 bridgehead atoms. The molecule has 4 rings (SSSR count). The van der Waals surface area contributed by atoms with Crippen molar-refractivity contribution in [2.24, 2.45) is 0 Å². The van der Waals surface area contributed by atoms with E-state index in [0.717, 1.165) is 29.9 Å². The Bertz CT molecular complexity index is 930. The number of benzene rings is 1. The number of ketones is 1. The summed E-state index contributed by atoms with van der Waals surface area (Å²) in [7, 11) is 0. The van der Waals surface area contributed by atoms with Crippen molar-refractivity contribution < 1.29 is 9.59 Å². The number of piperazine rings is 1. The number of hydrogen-bond donors (Lipinski definition) is 0. The van der Waals surface area contributed by atoms with Gasteiger partial charge in [0.05, 0.1) is 6.54 Å². The van der Waals surface area contributed by atoms with Crippen molar-refractivity contribution in [3.63, 3.8) is 0 Å². The van der Waals surface area contributed by atoms with Crippen molar-refractivity contribution in [1.82, 2.24) is 14.4 Å². The summed E-state index contributed by atoms with van der Waals surface area (Å²) in [5.74, 6) is 0.743. The number of amides is 1. The molecule has 2 heterocycles. The molecule has 2 aromatic rings. The molecule has 1 aliphatic carbocycles. The van der Waals surface area contributed by atoms with Gasteiger partial charge in [0, 0.05) is 54.7 Å². The summed E-state index contributed by atoms with van der Waals surface area (Å²) in [6, 6.07) is 10.6. The molecule has 0 unspecified atom stereocenters. The van der Waals surface area contributed by atoms with Gasteiger partial charge in [-0.2, -0.15) is 0 Å². The molecule has 2 aliphatic rings. The van der Waals surface area contributed by atoms with Crippen LogP contribution in [0.2, 0.25) is 0 Å². The predicted molar refractivity (Wildman–Crippen MR) is 119 cm³/mol. The second-order valence-electron chi connectivity index (χ2n) is 9.15. The normalized spacial score (nSPS) is 17.6. The molecule has 30 heavy (non-hydrogen) atoms. The molecular weight excluding hydrogens is 374 g/mol. The Morgan fingerprint density at radius 3 is 2.20 bits per heavy atom. The first-order chi connectivity index (χ1) is 14.3. The highest BCUT2D eigenvalue weighted by Crippen LogP contribution is 2.38. The number of aryl methyl sites for hydroxylation is 1. The molecule has 5 heteroatoms. The third-order valence-electron chi connectivity index (χ3n) is 6.55. The fourth-order valence-electron chi connectivity index (χ4n) is 4.54. The Hall–Kier alpha value is -2.40. The van der Waals surface area contributed by atoms with Crippen LogP contribution < -0.4 is 0 Å². The summed E-state index contributed by atoms with van der Waals surface area (Å²) in [5.41, 5.74) is 5.16. The lowest BCUT2D eigenvalue weighted by molar-refractivity contribution is 0.0624. The number of aromatic nitrogens is 1. The van der Waals surface area contributed by atoms with E-state index in [4.69, 9.17) is 0 Å². The van der Waals surface area contributed by atoms with Gasteiger partial charge >= 0.3 is 0 Å². The van der Waals surface area contributed by atoms with Crippen molar-refractivity contribution in [2.45, 2.75) is 52.5 Å². The van der Waals surface area contributed by atoms with Crippen molar-refractivity contribution in [2.75, 3.05) is 32.7 Å². The van der Waals surface area contributed by atoms with E-state index in [1.54, 1.807) is 0 Å². The topological polar surface area (TPSA) is 45.6 Å². The van der Waals surface area contributed by atoms with Crippen molar-refractivity contribution >= 4 is 11.7 Å². The maximum absolute atomic E-state index is 12.9. The van der Waals surface area contributed by atoms with Crippen molar-refractivity contribution in [1.29, 1.82) is 0 Å². The first-order valence-electron chi connectivity index (χ1n) is 11.2. The van der Waals surface area contributed by atoms with Gasteiger partial charge in [-0.3, -0.25) is 14.5 Å². The van der Waals surface area contributed by atoms with E-state index in [0.29, 0.717) is 31.6 Å². The summed E-state index contributed by atoms with van der Waals surface area (Å²) in [6.07, 6.45) is 2.44. The van der Waals surface area contributed by atoms with Gasteiger partial charge < -0.3 is 9.47 Å². The van der Waals surface area contributed by atoms with Crippen molar-refractivity contribution in [3.05, 3.63) is 58.4 Å². The Kier molecular flexibility index (Phi) is 5.83. The van der Waals surface area contributed by atoms with E-state index in [-0.39, 0.29) is 11.7 Å².